The lowest BCUT2D eigenvalue weighted by molar-refractivity contribution is 0.133. The van der Waals surface area contributed by atoms with Gasteiger partial charge in [0.2, 0.25) is 0 Å². The zero-order chi connectivity index (χ0) is 12.5. The van der Waals surface area contributed by atoms with Crippen molar-refractivity contribution < 1.29 is 9.90 Å². The van der Waals surface area contributed by atoms with Gasteiger partial charge in [-0.25, -0.2) is 4.79 Å². The molecule has 3 N–H and O–H groups in total. The Balaban J connectivity index is 2.25. The summed E-state index contributed by atoms with van der Waals surface area (Å²) in [6.45, 7) is 2.10. The summed E-state index contributed by atoms with van der Waals surface area (Å²) in [6, 6.07) is 8.77. The van der Waals surface area contributed by atoms with Crippen LogP contribution in [-0.2, 0) is 0 Å². The summed E-state index contributed by atoms with van der Waals surface area (Å²) in [4.78, 5) is 11.5. The highest BCUT2D eigenvalue weighted by atomic mass is 16.3. The lowest BCUT2D eigenvalue weighted by Gasteiger charge is -2.13. The Morgan fingerprint density at radius 3 is 2.65 bits per heavy atom. The SMILES string of the molecule is CCCCCC(O)NC(=O)Nc1ccccc1. The van der Waals surface area contributed by atoms with E-state index in [0.717, 1.165) is 19.3 Å². The van der Waals surface area contributed by atoms with E-state index in [2.05, 4.69) is 17.6 Å². The molecule has 0 saturated carbocycles. The Bertz CT molecular complexity index is 327. The van der Waals surface area contributed by atoms with Crippen LogP contribution in [0.5, 0.6) is 0 Å². The number of unbranched alkanes of at least 4 members (excludes halogenated alkanes) is 2. The number of urea groups is 1. The van der Waals surface area contributed by atoms with Crippen molar-refractivity contribution >= 4 is 11.7 Å². The van der Waals surface area contributed by atoms with Gasteiger partial charge in [0.1, 0.15) is 6.23 Å². The summed E-state index contributed by atoms with van der Waals surface area (Å²) < 4.78 is 0. The van der Waals surface area contributed by atoms with E-state index in [1.54, 1.807) is 12.1 Å². The molecule has 0 radical (unpaired) electrons. The fourth-order valence-corrected chi connectivity index (χ4v) is 1.50. The molecule has 0 saturated heterocycles. The number of nitrogens with one attached hydrogen (secondary N) is 2. The molecule has 1 aromatic rings. The number of aliphatic hydroxyl groups is 1. The first-order chi connectivity index (χ1) is 8.22. The standard InChI is InChI=1S/C13H20N2O2/c1-2-3-5-10-12(16)15-13(17)14-11-8-6-4-7-9-11/h4,6-9,12,16H,2-3,5,10H2,1H3,(H2,14,15,17). The molecule has 2 amide bonds. The van der Waals surface area contributed by atoms with Gasteiger partial charge in [-0.1, -0.05) is 38.0 Å². The molecule has 0 heterocycles. The van der Waals surface area contributed by atoms with Gasteiger partial charge in [0.15, 0.2) is 0 Å². The highest BCUT2D eigenvalue weighted by Crippen LogP contribution is 2.05. The quantitative estimate of drug-likeness (QED) is 0.525. The van der Waals surface area contributed by atoms with Crippen molar-refractivity contribution in [3.05, 3.63) is 30.3 Å². The lowest BCUT2D eigenvalue weighted by Crippen LogP contribution is -2.37. The second-order valence-corrected chi connectivity index (χ2v) is 3.98. The van der Waals surface area contributed by atoms with Crippen LogP contribution in [-0.4, -0.2) is 17.4 Å². The molecule has 0 aromatic heterocycles. The van der Waals surface area contributed by atoms with Crippen LogP contribution >= 0.6 is 0 Å². The number of amides is 2. The molecule has 0 fully saturated rings. The molecule has 1 atom stereocenters. The molecule has 0 spiro atoms. The summed E-state index contributed by atoms with van der Waals surface area (Å²) >= 11 is 0. The second kappa shape index (κ2) is 7.68. The van der Waals surface area contributed by atoms with Crippen LogP contribution in [0, 0.1) is 0 Å². The second-order valence-electron chi connectivity index (χ2n) is 3.98. The number of para-hydroxylation sites is 1. The van der Waals surface area contributed by atoms with Crippen LogP contribution in [0.25, 0.3) is 0 Å². The largest absolute Gasteiger partial charge is 0.374 e. The van der Waals surface area contributed by atoms with Gasteiger partial charge in [0, 0.05) is 5.69 Å². The van der Waals surface area contributed by atoms with Crippen molar-refractivity contribution in [1.29, 1.82) is 0 Å². The Hall–Kier alpha value is -1.55. The van der Waals surface area contributed by atoms with Gasteiger partial charge in [0.25, 0.3) is 0 Å². The van der Waals surface area contributed by atoms with Crippen molar-refractivity contribution in [3.63, 3.8) is 0 Å². The topological polar surface area (TPSA) is 61.4 Å². The van der Waals surface area contributed by atoms with Gasteiger partial charge in [-0.05, 0) is 25.0 Å². The van der Waals surface area contributed by atoms with Gasteiger partial charge in [-0.15, -0.1) is 0 Å². The average molecular weight is 236 g/mol. The monoisotopic (exact) mass is 236 g/mol. The van der Waals surface area contributed by atoms with E-state index in [9.17, 15) is 9.90 Å². The van der Waals surface area contributed by atoms with Crippen molar-refractivity contribution in [2.24, 2.45) is 0 Å². The maximum atomic E-state index is 11.5. The fourth-order valence-electron chi connectivity index (χ4n) is 1.50. The number of anilines is 1. The number of carbonyl (C=O) groups is 1. The maximum absolute atomic E-state index is 11.5. The van der Waals surface area contributed by atoms with Gasteiger partial charge >= 0.3 is 6.03 Å². The first-order valence-corrected chi connectivity index (χ1v) is 6.03. The first-order valence-electron chi connectivity index (χ1n) is 6.03. The predicted molar refractivity (Wildman–Crippen MR) is 68.7 cm³/mol. The molecular formula is C13H20N2O2. The lowest BCUT2D eigenvalue weighted by atomic mass is 10.2. The predicted octanol–water partition coefficient (Wildman–Crippen LogP) is 2.71. The molecule has 17 heavy (non-hydrogen) atoms. The van der Waals surface area contributed by atoms with Crippen molar-refractivity contribution in [3.8, 4) is 0 Å². The third kappa shape index (κ3) is 5.92. The smallest absolute Gasteiger partial charge is 0.321 e. The van der Waals surface area contributed by atoms with E-state index in [1.807, 2.05) is 18.2 Å². The van der Waals surface area contributed by atoms with Crippen molar-refractivity contribution in [2.75, 3.05) is 5.32 Å². The molecule has 1 aromatic carbocycles. The highest BCUT2D eigenvalue weighted by molar-refractivity contribution is 5.89. The first kappa shape index (κ1) is 13.5. The Labute approximate surface area is 102 Å². The minimum Gasteiger partial charge on any atom is -0.374 e. The molecule has 1 rings (SSSR count). The number of carbonyl (C=O) groups excluding carboxylic acids is 1. The number of benzene rings is 1. The van der Waals surface area contributed by atoms with Gasteiger partial charge < -0.3 is 15.7 Å². The van der Waals surface area contributed by atoms with Crippen LogP contribution in [0.3, 0.4) is 0 Å². The van der Waals surface area contributed by atoms with E-state index in [1.165, 1.54) is 0 Å². The number of hydrogen-bond donors (Lipinski definition) is 3. The van der Waals surface area contributed by atoms with E-state index in [4.69, 9.17) is 0 Å². The summed E-state index contributed by atoms with van der Waals surface area (Å²) in [7, 11) is 0. The van der Waals surface area contributed by atoms with Gasteiger partial charge in [-0.3, -0.25) is 0 Å². The maximum Gasteiger partial charge on any atom is 0.321 e. The molecule has 0 bridgehead atoms. The zero-order valence-electron chi connectivity index (χ0n) is 10.1. The van der Waals surface area contributed by atoms with Crippen LogP contribution in [0.4, 0.5) is 10.5 Å². The zero-order valence-corrected chi connectivity index (χ0v) is 10.1. The molecule has 0 aliphatic heterocycles. The normalized spacial score (nSPS) is 11.9. The Kier molecular flexibility index (Phi) is 6.10. The summed E-state index contributed by atoms with van der Waals surface area (Å²) in [5.41, 5.74) is 0.714. The third-order valence-corrected chi connectivity index (χ3v) is 2.41. The summed E-state index contributed by atoms with van der Waals surface area (Å²) in [6.07, 6.45) is 2.91. The third-order valence-electron chi connectivity index (χ3n) is 2.41. The van der Waals surface area contributed by atoms with Crippen molar-refractivity contribution in [2.45, 2.75) is 38.8 Å². The highest BCUT2D eigenvalue weighted by Gasteiger charge is 2.07. The molecule has 94 valence electrons. The molecule has 0 aliphatic rings. The van der Waals surface area contributed by atoms with E-state index in [0.29, 0.717) is 12.1 Å². The Morgan fingerprint density at radius 1 is 1.29 bits per heavy atom. The minimum absolute atomic E-state index is 0.375. The summed E-state index contributed by atoms with van der Waals surface area (Å²) in [5, 5.41) is 14.7. The molecular weight excluding hydrogens is 216 g/mol. The molecule has 0 aliphatic carbocycles. The Morgan fingerprint density at radius 2 is 2.00 bits per heavy atom. The van der Waals surface area contributed by atoms with Crippen LogP contribution < -0.4 is 10.6 Å². The number of hydrogen-bond acceptors (Lipinski definition) is 2. The average Bonchev–Trinajstić information content (AvgIpc) is 2.30. The van der Waals surface area contributed by atoms with Crippen LogP contribution in [0.15, 0.2) is 30.3 Å². The number of rotatable bonds is 6. The van der Waals surface area contributed by atoms with Gasteiger partial charge in [-0.2, -0.15) is 0 Å². The van der Waals surface area contributed by atoms with Gasteiger partial charge in [0.05, 0.1) is 0 Å². The molecule has 4 heteroatoms. The minimum atomic E-state index is -0.773. The van der Waals surface area contributed by atoms with Crippen LogP contribution in [0.2, 0.25) is 0 Å². The molecule has 4 nitrogen and oxygen atoms in total. The van der Waals surface area contributed by atoms with E-state index >= 15 is 0 Å². The van der Waals surface area contributed by atoms with E-state index < -0.39 is 6.23 Å². The summed E-state index contributed by atoms with van der Waals surface area (Å²) in [5.74, 6) is 0. The van der Waals surface area contributed by atoms with E-state index in [-0.39, 0.29) is 6.03 Å². The van der Waals surface area contributed by atoms with Crippen molar-refractivity contribution in [1.82, 2.24) is 5.32 Å². The molecule has 1 unspecified atom stereocenters. The number of aliphatic hydroxyl groups excluding tert-OH is 1. The van der Waals surface area contributed by atoms with Crippen LogP contribution in [0.1, 0.15) is 32.6 Å². The fraction of sp³-hybridized carbons (Fsp3) is 0.462.